The minimum Gasteiger partial charge on any atom is -0.478 e. The highest BCUT2D eigenvalue weighted by Crippen LogP contribution is 2.45. The minimum atomic E-state index is -0.891. The lowest BCUT2D eigenvalue weighted by Gasteiger charge is -2.28. The lowest BCUT2D eigenvalue weighted by Crippen LogP contribution is -2.39. The Hall–Kier alpha value is -1.47. The first-order chi connectivity index (χ1) is 14.0. The number of allylic oxidation sites excluding steroid dienone is 1. The summed E-state index contributed by atoms with van der Waals surface area (Å²) in [5, 5.41) is 14.9. The van der Waals surface area contributed by atoms with Crippen LogP contribution in [-0.4, -0.2) is 47.3 Å². The normalized spacial score (nSPS) is 25.4. The molecule has 0 aromatic heterocycles. The molecule has 2 aliphatic rings. The average Bonchev–Trinajstić information content (AvgIpc) is 3.28. The van der Waals surface area contributed by atoms with Crippen LogP contribution in [0.2, 0.25) is 0 Å². The maximum atomic E-state index is 12.3. The average molecular weight is 425 g/mol. The number of rotatable bonds is 14. The fraction of sp³-hybridized carbons (Fsp3) is 0.773. The van der Waals surface area contributed by atoms with Crippen molar-refractivity contribution in [3.8, 4) is 0 Å². The van der Waals surface area contributed by atoms with Gasteiger partial charge in [0.2, 0.25) is 5.91 Å². The second-order valence-corrected chi connectivity index (χ2v) is 8.67. The smallest absolute Gasteiger partial charge is 0.327 e. The van der Waals surface area contributed by atoms with Crippen molar-refractivity contribution in [2.75, 3.05) is 13.1 Å². The van der Waals surface area contributed by atoms with Crippen LogP contribution in [0.3, 0.4) is 0 Å². The quantitative estimate of drug-likeness (QED) is 0.224. The molecule has 3 N–H and O–H groups in total. The maximum absolute atomic E-state index is 12.3. The summed E-state index contributed by atoms with van der Waals surface area (Å²) in [4.78, 5) is 23.4. The van der Waals surface area contributed by atoms with Gasteiger partial charge in [0.25, 0.3) is 0 Å². The third kappa shape index (κ3) is 8.42. The van der Waals surface area contributed by atoms with E-state index in [9.17, 15) is 9.59 Å². The van der Waals surface area contributed by atoms with Gasteiger partial charge in [0, 0.05) is 25.1 Å². The van der Waals surface area contributed by atoms with E-state index in [4.69, 9.17) is 22.1 Å². The molecule has 29 heavy (non-hydrogen) atoms. The molecule has 2 rings (SSSR count). The molecule has 2 saturated heterocycles. The molecule has 0 aromatic carbocycles. The molecule has 0 spiro atoms. The van der Waals surface area contributed by atoms with E-state index in [1.54, 1.807) is 6.08 Å². The van der Waals surface area contributed by atoms with Gasteiger partial charge in [-0.3, -0.25) is 4.79 Å². The number of hydrogen-bond donors (Lipinski definition) is 3. The predicted molar refractivity (Wildman–Crippen MR) is 118 cm³/mol. The highest BCUT2D eigenvalue weighted by Gasteiger charge is 2.48. The topological polar surface area (TPSA) is 87.7 Å². The number of carbonyl (C=O) groups excluding carboxylic acids is 1. The van der Waals surface area contributed by atoms with Crippen LogP contribution in [-0.2, 0) is 14.3 Å². The van der Waals surface area contributed by atoms with Gasteiger partial charge in [0.1, 0.15) is 0 Å². The second kappa shape index (κ2) is 13.0. The zero-order valence-corrected chi connectivity index (χ0v) is 18.3. The number of carbonyl (C=O) groups is 2. The fourth-order valence-corrected chi connectivity index (χ4v) is 4.72. The summed E-state index contributed by atoms with van der Waals surface area (Å²) in [5.41, 5.74) is 0. The standard InChI is InChI=1S/C22H36N2O4S/c1-2-3-8-13-23-21(29)14-20(25)24-15-17-16(18-11-12-19(17)28-18)9-6-4-5-7-10-22(26)27/h7,10,16-19H,2-6,8-9,11-15H2,1H3,(H,23,29)(H,24,25)(H,26,27)/t16-,17+,18-,19+/m0/s1. The summed E-state index contributed by atoms with van der Waals surface area (Å²) < 4.78 is 6.12. The lowest BCUT2D eigenvalue weighted by molar-refractivity contribution is -0.131. The number of carboxylic acid groups (broad SMARTS) is 1. The summed E-state index contributed by atoms with van der Waals surface area (Å²) in [7, 11) is 0. The Balaban J connectivity index is 1.67. The van der Waals surface area contributed by atoms with Crippen LogP contribution in [0.4, 0.5) is 0 Å². The zero-order valence-electron chi connectivity index (χ0n) is 17.5. The van der Waals surface area contributed by atoms with Crippen molar-refractivity contribution in [1.82, 2.24) is 10.6 Å². The van der Waals surface area contributed by atoms with Gasteiger partial charge in [-0.15, -0.1) is 0 Å². The predicted octanol–water partition coefficient (Wildman–Crippen LogP) is 3.59. The first-order valence-electron chi connectivity index (χ1n) is 11.1. The van der Waals surface area contributed by atoms with Crippen molar-refractivity contribution in [3.05, 3.63) is 12.2 Å². The largest absolute Gasteiger partial charge is 0.478 e. The van der Waals surface area contributed by atoms with Gasteiger partial charge in [0.15, 0.2) is 0 Å². The summed E-state index contributed by atoms with van der Waals surface area (Å²) in [5.74, 6) is -0.0498. The molecule has 0 saturated carbocycles. The molecule has 0 aliphatic carbocycles. The number of hydrogen-bond acceptors (Lipinski definition) is 4. The molecule has 2 aliphatic heterocycles. The monoisotopic (exact) mass is 424 g/mol. The van der Waals surface area contributed by atoms with Crippen molar-refractivity contribution in [2.45, 2.75) is 83.3 Å². The van der Waals surface area contributed by atoms with Gasteiger partial charge in [-0.2, -0.15) is 0 Å². The highest BCUT2D eigenvalue weighted by atomic mass is 32.1. The first-order valence-corrected chi connectivity index (χ1v) is 11.5. The molecule has 7 heteroatoms. The van der Waals surface area contributed by atoms with Crippen molar-refractivity contribution in [3.63, 3.8) is 0 Å². The Bertz CT molecular complexity index is 581. The number of fused-ring (bicyclic) bond motifs is 2. The van der Waals surface area contributed by atoms with Gasteiger partial charge in [-0.1, -0.05) is 44.5 Å². The number of amides is 1. The molecule has 4 atom stereocenters. The van der Waals surface area contributed by atoms with Gasteiger partial charge in [-0.05, 0) is 44.4 Å². The van der Waals surface area contributed by atoms with E-state index in [0.29, 0.717) is 29.5 Å². The first kappa shape index (κ1) is 23.8. The Labute approximate surface area is 179 Å². The molecule has 0 radical (unpaired) electrons. The maximum Gasteiger partial charge on any atom is 0.327 e. The molecule has 2 fully saturated rings. The summed E-state index contributed by atoms with van der Waals surface area (Å²) in [6.07, 6.45) is 13.3. The summed E-state index contributed by atoms with van der Waals surface area (Å²) in [6.45, 7) is 3.65. The van der Waals surface area contributed by atoms with E-state index in [1.165, 1.54) is 18.9 Å². The highest BCUT2D eigenvalue weighted by molar-refractivity contribution is 7.80. The van der Waals surface area contributed by atoms with Crippen molar-refractivity contribution in [2.24, 2.45) is 11.8 Å². The van der Waals surface area contributed by atoms with Crippen LogP contribution < -0.4 is 10.6 Å². The van der Waals surface area contributed by atoms with Crippen LogP contribution >= 0.6 is 12.2 Å². The molecule has 2 heterocycles. The van der Waals surface area contributed by atoms with E-state index in [2.05, 4.69) is 17.6 Å². The molecule has 1 amide bonds. The number of carboxylic acids is 1. The molecule has 0 unspecified atom stereocenters. The summed E-state index contributed by atoms with van der Waals surface area (Å²) >= 11 is 5.27. The van der Waals surface area contributed by atoms with Crippen molar-refractivity contribution >= 4 is 29.1 Å². The van der Waals surface area contributed by atoms with E-state index in [0.717, 1.165) is 51.5 Å². The molecule has 164 valence electrons. The van der Waals surface area contributed by atoms with Crippen LogP contribution in [0, 0.1) is 11.8 Å². The van der Waals surface area contributed by atoms with Gasteiger partial charge >= 0.3 is 5.97 Å². The number of unbranched alkanes of at least 4 members (excludes halogenated alkanes) is 4. The third-order valence-electron chi connectivity index (χ3n) is 5.97. The van der Waals surface area contributed by atoms with Crippen LogP contribution in [0.25, 0.3) is 0 Å². The fourth-order valence-electron chi connectivity index (χ4n) is 4.49. The van der Waals surface area contributed by atoms with E-state index in [-0.39, 0.29) is 18.4 Å². The molecule has 2 bridgehead atoms. The lowest BCUT2D eigenvalue weighted by atomic mass is 9.76. The van der Waals surface area contributed by atoms with Gasteiger partial charge in [0.05, 0.1) is 23.6 Å². The number of aliphatic carboxylic acids is 1. The molecule has 0 aromatic rings. The second-order valence-electron chi connectivity index (χ2n) is 8.18. The van der Waals surface area contributed by atoms with E-state index >= 15 is 0 Å². The Morgan fingerprint density at radius 1 is 1.10 bits per heavy atom. The Kier molecular flexibility index (Phi) is 10.6. The molecular formula is C22H36N2O4S. The van der Waals surface area contributed by atoms with E-state index in [1.807, 2.05) is 0 Å². The number of ether oxygens (including phenoxy) is 1. The Morgan fingerprint density at radius 3 is 2.59 bits per heavy atom. The zero-order chi connectivity index (χ0) is 21.1. The number of nitrogens with one attached hydrogen (secondary N) is 2. The third-order valence-corrected chi connectivity index (χ3v) is 6.26. The van der Waals surface area contributed by atoms with Crippen molar-refractivity contribution in [1.29, 1.82) is 0 Å². The minimum absolute atomic E-state index is 0.0154. The Morgan fingerprint density at radius 2 is 1.86 bits per heavy atom. The summed E-state index contributed by atoms with van der Waals surface area (Å²) in [6, 6.07) is 0. The van der Waals surface area contributed by atoms with Gasteiger partial charge in [-0.25, -0.2) is 4.79 Å². The molecule has 6 nitrogen and oxygen atoms in total. The van der Waals surface area contributed by atoms with E-state index < -0.39 is 5.97 Å². The molecular weight excluding hydrogens is 388 g/mol. The van der Waals surface area contributed by atoms with Gasteiger partial charge < -0.3 is 20.5 Å². The van der Waals surface area contributed by atoms with Crippen molar-refractivity contribution < 1.29 is 19.4 Å². The van der Waals surface area contributed by atoms with Crippen LogP contribution in [0.15, 0.2) is 12.2 Å². The van der Waals surface area contributed by atoms with Crippen LogP contribution in [0.5, 0.6) is 0 Å². The number of thiocarbonyl (C=S) groups is 1. The SMILES string of the molecule is CCCCCNC(=S)CC(=O)NC[C@@H]1[C@H](CCCCC=CC(=O)O)[C@@H]2CC[C@H]1O2. The van der Waals surface area contributed by atoms with Crippen LogP contribution in [0.1, 0.15) is 71.1 Å².